The lowest BCUT2D eigenvalue weighted by molar-refractivity contribution is 0.0430. The molecule has 0 amide bonds. The van der Waals surface area contributed by atoms with Gasteiger partial charge in [0.25, 0.3) is 0 Å². The van der Waals surface area contributed by atoms with Crippen LogP contribution in [0.1, 0.15) is 52.6 Å². The lowest BCUT2D eigenvalue weighted by Gasteiger charge is -2.19. The van der Waals surface area contributed by atoms with E-state index in [-0.39, 0.29) is 18.2 Å². The molecule has 3 heteroatoms. The maximum atomic E-state index is 6.16. The van der Waals surface area contributed by atoms with Crippen molar-refractivity contribution in [2.45, 2.75) is 59.3 Å². The van der Waals surface area contributed by atoms with E-state index in [0.717, 1.165) is 17.7 Å². The molecule has 0 heterocycles. The summed E-state index contributed by atoms with van der Waals surface area (Å²) < 4.78 is 11.4. The van der Waals surface area contributed by atoms with Gasteiger partial charge in [0.2, 0.25) is 0 Å². The molecule has 1 aromatic carbocycles. The van der Waals surface area contributed by atoms with E-state index in [0.29, 0.717) is 12.5 Å². The molecule has 0 bridgehead atoms. The van der Waals surface area contributed by atoms with E-state index >= 15 is 0 Å². The zero-order chi connectivity index (χ0) is 15.1. The van der Waals surface area contributed by atoms with Gasteiger partial charge in [-0.15, -0.1) is 0 Å². The van der Waals surface area contributed by atoms with Crippen LogP contribution in [-0.4, -0.2) is 18.8 Å². The average Bonchev–Trinajstić information content (AvgIpc) is 2.35. The van der Waals surface area contributed by atoms with E-state index in [9.17, 15) is 0 Å². The second-order valence-corrected chi connectivity index (χ2v) is 6.12. The smallest absolute Gasteiger partial charge is 0.119 e. The molecule has 2 unspecified atom stereocenters. The third-order valence-electron chi connectivity index (χ3n) is 3.04. The predicted octanol–water partition coefficient (Wildman–Crippen LogP) is 3.92. The Kier molecular flexibility index (Phi) is 7.03. The standard InChI is InChI=1S/C17H29NO2/c1-12(2)10-14(5)19-11-17(18)15-6-8-16(9-7-15)20-13(3)4/h6-9,12-14,17H,10-11,18H2,1-5H3. The molecule has 0 aliphatic carbocycles. The topological polar surface area (TPSA) is 44.5 Å². The summed E-state index contributed by atoms with van der Waals surface area (Å²) in [4.78, 5) is 0. The van der Waals surface area contributed by atoms with Crippen molar-refractivity contribution in [2.75, 3.05) is 6.61 Å². The van der Waals surface area contributed by atoms with Crippen molar-refractivity contribution >= 4 is 0 Å². The van der Waals surface area contributed by atoms with Crippen LogP contribution in [0.25, 0.3) is 0 Å². The predicted molar refractivity (Wildman–Crippen MR) is 84.0 cm³/mol. The normalized spacial score (nSPS) is 14.6. The Morgan fingerprint density at radius 2 is 1.60 bits per heavy atom. The van der Waals surface area contributed by atoms with Gasteiger partial charge in [-0.25, -0.2) is 0 Å². The second-order valence-electron chi connectivity index (χ2n) is 6.12. The Morgan fingerprint density at radius 3 is 2.10 bits per heavy atom. The summed E-state index contributed by atoms with van der Waals surface area (Å²) in [5, 5.41) is 0. The molecule has 1 aromatic rings. The Hall–Kier alpha value is -1.06. The first-order chi connectivity index (χ1) is 9.38. The van der Waals surface area contributed by atoms with Gasteiger partial charge in [-0.05, 0) is 50.8 Å². The Bertz CT molecular complexity index is 373. The Labute approximate surface area is 123 Å². The molecule has 0 aliphatic rings. The molecular formula is C17H29NO2. The highest BCUT2D eigenvalue weighted by Gasteiger charge is 2.10. The number of hydrogen-bond donors (Lipinski definition) is 1. The highest BCUT2D eigenvalue weighted by molar-refractivity contribution is 5.29. The van der Waals surface area contributed by atoms with Crippen LogP contribution >= 0.6 is 0 Å². The fraction of sp³-hybridized carbons (Fsp3) is 0.647. The van der Waals surface area contributed by atoms with Crippen LogP contribution in [0.4, 0.5) is 0 Å². The number of rotatable bonds is 8. The van der Waals surface area contributed by atoms with Gasteiger partial charge in [0.15, 0.2) is 0 Å². The van der Waals surface area contributed by atoms with Crippen LogP contribution in [0.15, 0.2) is 24.3 Å². The van der Waals surface area contributed by atoms with Crippen LogP contribution in [0.2, 0.25) is 0 Å². The lowest BCUT2D eigenvalue weighted by Crippen LogP contribution is -2.21. The van der Waals surface area contributed by atoms with Gasteiger partial charge in [-0.3, -0.25) is 0 Å². The molecule has 0 aliphatic heterocycles. The molecular weight excluding hydrogens is 250 g/mol. The summed E-state index contributed by atoms with van der Waals surface area (Å²) in [6.07, 6.45) is 1.51. The Morgan fingerprint density at radius 1 is 1.00 bits per heavy atom. The van der Waals surface area contributed by atoms with E-state index in [1.165, 1.54) is 0 Å². The molecule has 2 atom stereocenters. The molecule has 0 radical (unpaired) electrons. The molecule has 3 nitrogen and oxygen atoms in total. The first-order valence-corrected chi connectivity index (χ1v) is 7.52. The molecule has 20 heavy (non-hydrogen) atoms. The minimum absolute atomic E-state index is 0.0855. The van der Waals surface area contributed by atoms with E-state index in [4.69, 9.17) is 15.2 Å². The van der Waals surface area contributed by atoms with Crippen molar-refractivity contribution in [3.63, 3.8) is 0 Å². The summed E-state index contributed by atoms with van der Waals surface area (Å²) in [6, 6.07) is 7.87. The van der Waals surface area contributed by atoms with Crippen molar-refractivity contribution < 1.29 is 9.47 Å². The first kappa shape index (κ1) is 17.0. The van der Waals surface area contributed by atoms with Gasteiger partial charge in [0, 0.05) is 0 Å². The van der Waals surface area contributed by atoms with E-state index in [2.05, 4.69) is 20.8 Å². The number of ether oxygens (including phenoxy) is 2. The third kappa shape index (κ3) is 6.40. The number of benzene rings is 1. The lowest BCUT2D eigenvalue weighted by atomic mass is 10.1. The highest BCUT2D eigenvalue weighted by atomic mass is 16.5. The van der Waals surface area contributed by atoms with Crippen LogP contribution in [0.5, 0.6) is 5.75 Å². The highest BCUT2D eigenvalue weighted by Crippen LogP contribution is 2.18. The van der Waals surface area contributed by atoms with E-state index in [1.54, 1.807) is 0 Å². The van der Waals surface area contributed by atoms with Gasteiger partial charge in [-0.2, -0.15) is 0 Å². The van der Waals surface area contributed by atoms with Crippen molar-refractivity contribution in [3.8, 4) is 5.75 Å². The average molecular weight is 279 g/mol. The largest absolute Gasteiger partial charge is 0.491 e. The minimum atomic E-state index is -0.0855. The fourth-order valence-electron chi connectivity index (χ4n) is 2.16. The van der Waals surface area contributed by atoms with Crippen LogP contribution < -0.4 is 10.5 Å². The zero-order valence-electron chi connectivity index (χ0n) is 13.4. The minimum Gasteiger partial charge on any atom is -0.491 e. The molecule has 0 spiro atoms. The van der Waals surface area contributed by atoms with Crippen LogP contribution in [0.3, 0.4) is 0 Å². The number of hydrogen-bond acceptors (Lipinski definition) is 3. The van der Waals surface area contributed by atoms with Crippen molar-refractivity contribution in [1.29, 1.82) is 0 Å². The monoisotopic (exact) mass is 279 g/mol. The van der Waals surface area contributed by atoms with Crippen molar-refractivity contribution in [1.82, 2.24) is 0 Å². The fourth-order valence-corrected chi connectivity index (χ4v) is 2.16. The molecule has 0 aromatic heterocycles. The van der Waals surface area contributed by atoms with E-state index in [1.807, 2.05) is 38.1 Å². The summed E-state index contributed by atoms with van der Waals surface area (Å²) in [7, 11) is 0. The van der Waals surface area contributed by atoms with Crippen molar-refractivity contribution in [3.05, 3.63) is 29.8 Å². The molecule has 0 saturated heterocycles. The quantitative estimate of drug-likeness (QED) is 0.784. The molecule has 114 valence electrons. The maximum Gasteiger partial charge on any atom is 0.119 e. The molecule has 0 saturated carbocycles. The molecule has 1 rings (SSSR count). The van der Waals surface area contributed by atoms with Gasteiger partial charge in [0.05, 0.1) is 24.9 Å². The third-order valence-corrected chi connectivity index (χ3v) is 3.04. The maximum absolute atomic E-state index is 6.16. The first-order valence-electron chi connectivity index (χ1n) is 7.52. The van der Waals surface area contributed by atoms with E-state index < -0.39 is 0 Å². The molecule has 2 N–H and O–H groups in total. The summed E-state index contributed by atoms with van der Waals surface area (Å²) >= 11 is 0. The van der Waals surface area contributed by atoms with Gasteiger partial charge in [0.1, 0.15) is 5.75 Å². The van der Waals surface area contributed by atoms with Crippen molar-refractivity contribution in [2.24, 2.45) is 11.7 Å². The van der Waals surface area contributed by atoms with Gasteiger partial charge < -0.3 is 15.2 Å². The summed E-state index contributed by atoms with van der Waals surface area (Å²) in [5.74, 6) is 1.53. The summed E-state index contributed by atoms with van der Waals surface area (Å²) in [5.41, 5.74) is 7.24. The van der Waals surface area contributed by atoms with Crippen LogP contribution in [-0.2, 0) is 4.74 Å². The molecule has 0 fully saturated rings. The second kappa shape index (κ2) is 8.28. The van der Waals surface area contributed by atoms with Gasteiger partial charge >= 0.3 is 0 Å². The summed E-state index contributed by atoms with van der Waals surface area (Å²) in [6.45, 7) is 11.1. The van der Waals surface area contributed by atoms with Crippen LogP contribution in [0, 0.1) is 5.92 Å². The van der Waals surface area contributed by atoms with Gasteiger partial charge in [-0.1, -0.05) is 26.0 Å². The SMILES string of the molecule is CC(C)CC(C)OCC(N)c1ccc(OC(C)C)cc1. The Balaban J connectivity index is 2.45. The number of nitrogens with two attached hydrogens (primary N) is 1. The zero-order valence-corrected chi connectivity index (χ0v) is 13.4.